The van der Waals surface area contributed by atoms with Crippen LogP contribution in [0.5, 0.6) is 5.75 Å². The number of nitro groups is 1. The van der Waals surface area contributed by atoms with Gasteiger partial charge in [-0.15, -0.1) is 0 Å². The minimum atomic E-state index is -0.765. The molecule has 1 atom stereocenters. The molecule has 2 aromatic carbocycles. The zero-order valence-corrected chi connectivity index (χ0v) is 24.4. The lowest BCUT2D eigenvalue weighted by molar-refractivity contribution is -0.385. The maximum Gasteiger partial charge on any atom is 0.338 e. The third-order valence-electron chi connectivity index (χ3n) is 6.97. The molecule has 2 aromatic heterocycles. The van der Waals surface area contributed by atoms with Crippen molar-refractivity contribution in [1.82, 2.24) is 4.57 Å². The Bertz CT molecular complexity index is 1900. The number of esters is 1. The highest BCUT2D eigenvalue weighted by molar-refractivity contribution is 7.07. The molecule has 0 saturated heterocycles. The number of furan rings is 1. The molecule has 0 aliphatic carbocycles. The summed E-state index contributed by atoms with van der Waals surface area (Å²) in [5, 5.41) is 11.4. The third-order valence-corrected chi connectivity index (χ3v) is 7.95. The van der Waals surface area contributed by atoms with Crippen LogP contribution in [-0.4, -0.2) is 29.2 Å². The summed E-state index contributed by atoms with van der Waals surface area (Å²) in [5.74, 6) is 0.915. The number of benzene rings is 2. The number of nitrogens with zero attached hydrogens (tertiary/aromatic N) is 3. The quantitative estimate of drug-likeness (QED) is 0.152. The number of hydrogen-bond acceptors (Lipinski definition) is 9. The first-order chi connectivity index (χ1) is 20.3. The van der Waals surface area contributed by atoms with E-state index in [4.69, 9.17) is 18.9 Å². The van der Waals surface area contributed by atoms with Crippen LogP contribution >= 0.6 is 11.3 Å². The molecular weight excluding hydrogens is 558 g/mol. The van der Waals surface area contributed by atoms with Crippen LogP contribution in [0, 0.1) is 17.0 Å². The predicted octanol–water partition coefficient (Wildman–Crippen LogP) is 5.06. The lowest BCUT2D eigenvalue weighted by Gasteiger charge is -2.26. The number of allylic oxidation sites excluding steroid dienone is 1. The molecule has 0 spiro atoms. The number of carbonyl (C=O) groups excluding carboxylic acids is 1. The molecule has 0 N–H and O–H groups in total. The standard InChI is InChI=1S/C31H29N3O7S/c1-5-9-23-27(30(36)40-6-2)28(19-10-7-11-20(16-19)39-4)33-29(35)26(42-31(33)32-23)17-21-14-15-25(41-21)22-12-8-13-24(18(22)3)34(37)38/h7-8,10-17,28H,5-6,9H2,1-4H3/b26-17-/t28-/m1/s1. The van der Waals surface area contributed by atoms with Gasteiger partial charge in [-0.25, -0.2) is 9.79 Å². The van der Waals surface area contributed by atoms with E-state index in [0.29, 0.717) is 61.0 Å². The zero-order chi connectivity index (χ0) is 30.0. The van der Waals surface area contributed by atoms with Gasteiger partial charge in [0.2, 0.25) is 0 Å². The fraction of sp³-hybridized carbons (Fsp3) is 0.258. The van der Waals surface area contributed by atoms with Crippen molar-refractivity contribution in [3.05, 3.63) is 113 Å². The van der Waals surface area contributed by atoms with Crippen LogP contribution in [0.3, 0.4) is 0 Å². The summed E-state index contributed by atoms with van der Waals surface area (Å²) in [4.78, 5) is 43.5. The third kappa shape index (κ3) is 5.30. The van der Waals surface area contributed by atoms with E-state index in [1.54, 1.807) is 63.4 Å². The van der Waals surface area contributed by atoms with Crippen LogP contribution in [-0.2, 0) is 9.53 Å². The first kappa shape index (κ1) is 28.7. The Kier molecular flexibility index (Phi) is 8.21. The monoisotopic (exact) mass is 587 g/mol. The molecule has 216 valence electrons. The van der Waals surface area contributed by atoms with Gasteiger partial charge in [0.25, 0.3) is 11.2 Å². The summed E-state index contributed by atoms with van der Waals surface area (Å²) in [6.07, 6.45) is 2.90. The highest BCUT2D eigenvalue weighted by Gasteiger charge is 2.34. The van der Waals surface area contributed by atoms with Gasteiger partial charge in [-0.3, -0.25) is 19.5 Å². The van der Waals surface area contributed by atoms with Crippen molar-refractivity contribution in [2.75, 3.05) is 13.7 Å². The Morgan fingerprint density at radius 3 is 2.69 bits per heavy atom. The van der Waals surface area contributed by atoms with Gasteiger partial charge >= 0.3 is 5.97 Å². The van der Waals surface area contributed by atoms with Crippen LogP contribution in [0.4, 0.5) is 5.69 Å². The Hall–Kier alpha value is -4.77. The van der Waals surface area contributed by atoms with Crippen LogP contribution in [0.1, 0.15) is 49.6 Å². The summed E-state index contributed by atoms with van der Waals surface area (Å²) in [7, 11) is 1.56. The molecule has 0 unspecified atom stereocenters. The molecule has 1 aliphatic heterocycles. The van der Waals surface area contributed by atoms with E-state index < -0.39 is 16.9 Å². The largest absolute Gasteiger partial charge is 0.497 e. The van der Waals surface area contributed by atoms with E-state index >= 15 is 0 Å². The number of nitro benzene ring substituents is 1. The van der Waals surface area contributed by atoms with Gasteiger partial charge in [-0.2, -0.15) is 0 Å². The number of rotatable bonds is 9. The molecule has 0 saturated carbocycles. The lowest BCUT2D eigenvalue weighted by atomic mass is 9.94. The van der Waals surface area contributed by atoms with Crippen molar-refractivity contribution in [3.63, 3.8) is 0 Å². The number of thiazole rings is 1. The highest BCUT2D eigenvalue weighted by atomic mass is 32.1. The molecule has 0 amide bonds. The number of ether oxygens (including phenoxy) is 2. The van der Waals surface area contributed by atoms with Gasteiger partial charge in [0, 0.05) is 23.3 Å². The summed E-state index contributed by atoms with van der Waals surface area (Å²) in [6, 6.07) is 14.7. The molecule has 11 heteroatoms. The second-order valence-corrected chi connectivity index (χ2v) is 10.6. The highest BCUT2D eigenvalue weighted by Crippen LogP contribution is 2.34. The number of hydrogen-bond donors (Lipinski definition) is 0. The fourth-order valence-electron chi connectivity index (χ4n) is 5.04. The Balaban J connectivity index is 1.67. The van der Waals surface area contributed by atoms with Gasteiger partial charge in [0.1, 0.15) is 17.3 Å². The second-order valence-electron chi connectivity index (χ2n) is 9.60. The zero-order valence-electron chi connectivity index (χ0n) is 23.6. The topological polar surface area (TPSA) is 126 Å². The van der Waals surface area contributed by atoms with Crippen molar-refractivity contribution in [2.24, 2.45) is 4.99 Å². The van der Waals surface area contributed by atoms with Crippen molar-refractivity contribution >= 4 is 29.1 Å². The Morgan fingerprint density at radius 2 is 1.98 bits per heavy atom. The molecule has 0 radical (unpaired) electrons. The van der Waals surface area contributed by atoms with Crippen molar-refractivity contribution in [1.29, 1.82) is 0 Å². The maximum absolute atomic E-state index is 14.0. The summed E-state index contributed by atoms with van der Waals surface area (Å²) in [5.41, 5.74) is 2.33. The molecule has 5 rings (SSSR count). The number of fused-ring (bicyclic) bond motifs is 1. The fourth-order valence-corrected chi connectivity index (χ4v) is 6.04. The van der Waals surface area contributed by atoms with E-state index in [1.165, 1.54) is 22.0 Å². The number of methoxy groups -OCH3 is 1. The SMILES string of the molecule is CCCC1=C(C(=O)OCC)[C@@H](c2cccc(OC)c2)n2c(s/c(=C\c3ccc(-c4cccc([N+](=O)[O-])c4C)o3)c2=O)=N1. The normalized spacial score (nSPS) is 14.9. The van der Waals surface area contributed by atoms with Crippen molar-refractivity contribution in [2.45, 2.75) is 39.7 Å². The molecule has 0 fully saturated rings. The summed E-state index contributed by atoms with van der Waals surface area (Å²) >= 11 is 1.20. The second kappa shape index (κ2) is 12.0. The molecule has 4 aromatic rings. The van der Waals surface area contributed by atoms with Gasteiger partial charge in [-0.1, -0.05) is 48.9 Å². The van der Waals surface area contributed by atoms with E-state index in [1.807, 2.05) is 19.1 Å². The lowest BCUT2D eigenvalue weighted by Crippen LogP contribution is -2.40. The van der Waals surface area contributed by atoms with Crippen LogP contribution < -0.4 is 19.6 Å². The minimum Gasteiger partial charge on any atom is -0.497 e. The molecule has 0 bridgehead atoms. The van der Waals surface area contributed by atoms with E-state index in [2.05, 4.69) is 0 Å². The predicted molar refractivity (Wildman–Crippen MR) is 158 cm³/mol. The first-order valence-corrected chi connectivity index (χ1v) is 14.3. The Morgan fingerprint density at radius 1 is 1.19 bits per heavy atom. The smallest absolute Gasteiger partial charge is 0.338 e. The molecular formula is C31H29N3O7S. The number of aromatic nitrogens is 1. The van der Waals surface area contributed by atoms with Gasteiger partial charge in [0.15, 0.2) is 4.80 Å². The van der Waals surface area contributed by atoms with Crippen LogP contribution in [0.2, 0.25) is 0 Å². The average molecular weight is 588 g/mol. The first-order valence-electron chi connectivity index (χ1n) is 13.5. The van der Waals surface area contributed by atoms with Crippen molar-refractivity contribution < 1.29 is 23.6 Å². The maximum atomic E-state index is 14.0. The van der Waals surface area contributed by atoms with Gasteiger partial charge < -0.3 is 13.9 Å². The average Bonchev–Trinajstić information content (AvgIpc) is 3.56. The van der Waals surface area contributed by atoms with E-state index in [-0.39, 0.29) is 17.9 Å². The summed E-state index contributed by atoms with van der Waals surface area (Å²) in [6.45, 7) is 5.59. The Labute approximate surface area is 245 Å². The summed E-state index contributed by atoms with van der Waals surface area (Å²) < 4.78 is 18.8. The van der Waals surface area contributed by atoms with E-state index in [0.717, 1.165) is 6.42 Å². The molecule has 1 aliphatic rings. The van der Waals surface area contributed by atoms with Gasteiger partial charge in [0.05, 0.1) is 40.5 Å². The van der Waals surface area contributed by atoms with Crippen LogP contribution in [0.15, 0.2) is 80.1 Å². The van der Waals surface area contributed by atoms with Crippen LogP contribution in [0.25, 0.3) is 17.4 Å². The minimum absolute atomic E-state index is 0.00316. The van der Waals surface area contributed by atoms with Crippen molar-refractivity contribution in [3.8, 4) is 17.1 Å². The number of carbonyl (C=O) groups is 1. The molecule has 42 heavy (non-hydrogen) atoms. The van der Waals surface area contributed by atoms with Gasteiger partial charge in [-0.05, 0) is 50.1 Å². The molecule has 3 heterocycles. The molecule has 10 nitrogen and oxygen atoms in total. The van der Waals surface area contributed by atoms with E-state index in [9.17, 15) is 19.7 Å².